The van der Waals surface area contributed by atoms with Crippen molar-refractivity contribution >= 4 is 10.8 Å². The average Bonchev–Trinajstić information content (AvgIpc) is 2.91. The number of hydrogen-bond donors (Lipinski definition) is 0. The Morgan fingerprint density at radius 3 is 2.47 bits per heavy atom. The molecule has 0 unspecified atom stereocenters. The molecule has 0 saturated carbocycles. The molecular weight excluding hydrogens is 206 g/mol. The van der Waals surface area contributed by atoms with Crippen LogP contribution >= 0.6 is 0 Å². The zero-order chi connectivity index (χ0) is 11.7. The topological polar surface area (TPSA) is 3.24 Å². The molecule has 1 heterocycles. The molecule has 0 spiro atoms. The van der Waals surface area contributed by atoms with E-state index in [1.165, 1.54) is 42.3 Å². The van der Waals surface area contributed by atoms with E-state index in [4.69, 9.17) is 0 Å². The fourth-order valence-electron chi connectivity index (χ4n) is 2.94. The lowest BCUT2D eigenvalue weighted by atomic mass is 9.99. The van der Waals surface area contributed by atoms with Crippen molar-refractivity contribution < 1.29 is 0 Å². The van der Waals surface area contributed by atoms with E-state index in [1.54, 1.807) is 0 Å². The van der Waals surface area contributed by atoms with E-state index in [0.29, 0.717) is 6.04 Å². The number of fused-ring (bicyclic) bond motifs is 1. The quantitative estimate of drug-likeness (QED) is 0.746. The van der Waals surface area contributed by atoms with Crippen molar-refractivity contribution in [1.29, 1.82) is 0 Å². The minimum Gasteiger partial charge on any atom is -0.297 e. The molecular formula is C16H19N. The number of nitrogens with zero attached hydrogens (tertiary/aromatic N) is 1. The minimum atomic E-state index is 0.545. The van der Waals surface area contributed by atoms with Crippen molar-refractivity contribution in [3.8, 4) is 0 Å². The lowest BCUT2D eigenvalue weighted by molar-refractivity contribution is 0.264. The molecule has 0 amide bonds. The summed E-state index contributed by atoms with van der Waals surface area (Å²) in [6, 6.07) is 15.9. The number of hydrogen-bond acceptors (Lipinski definition) is 1. The van der Waals surface area contributed by atoms with Gasteiger partial charge in [0.1, 0.15) is 0 Å². The van der Waals surface area contributed by atoms with Gasteiger partial charge in [0.25, 0.3) is 0 Å². The lowest BCUT2D eigenvalue weighted by Gasteiger charge is -2.25. The molecule has 0 aliphatic carbocycles. The van der Waals surface area contributed by atoms with Gasteiger partial charge in [-0.05, 0) is 49.2 Å². The van der Waals surface area contributed by atoms with E-state index in [1.807, 2.05) is 0 Å². The Bertz CT molecular complexity index is 506. The predicted octanol–water partition coefficient (Wildman–Crippen LogP) is 4.00. The zero-order valence-electron chi connectivity index (χ0n) is 10.4. The number of likely N-dealkylation sites (tertiary alicyclic amines) is 1. The lowest BCUT2D eigenvalue weighted by Crippen LogP contribution is -2.23. The number of rotatable bonds is 2. The molecule has 1 heteroatoms. The number of benzene rings is 2. The maximum atomic E-state index is 2.60. The Kier molecular flexibility index (Phi) is 2.86. The largest absolute Gasteiger partial charge is 0.297 e. The van der Waals surface area contributed by atoms with E-state index in [2.05, 4.69) is 54.3 Å². The third-order valence-electron chi connectivity index (χ3n) is 3.96. The highest BCUT2D eigenvalue weighted by Crippen LogP contribution is 2.29. The maximum Gasteiger partial charge on any atom is 0.0326 e. The average molecular weight is 225 g/mol. The van der Waals surface area contributed by atoms with Crippen LogP contribution in [0.15, 0.2) is 42.5 Å². The van der Waals surface area contributed by atoms with Crippen LogP contribution < -0.4 is 0 Å². The molecule has 1 atom stereocenters. The summed E-state index contributed by atoms with van der Waals surface area (Å²) in [5, 5.41) is 2.77. The Morgan fingerprint density at radius 2 is 1.65 bits per heavy atom. The van der Waals surface area contributed by atoms with Gasteiger partial charge in [-0.3, -0.25) is 4.90 Å². The molecule has 0 bridgehead atoms. The fraction of sp³-hybridized carbons (Fsp3) is 0.375. The van der Waals surface area contributed by atoms with Crippen molar-refractivity contribution in [3.05, 3.63) is 48.0 Å². The third-order valence-corrected chi connectivity index (χ3v) is 3.96. The van der Waals surface area contributed by atoms with Crippen molar-refractivity contribution in [1.82, 2.24) is 4.90 Å². The van der Waals surface area contributed by atoms with Gasteiger partial charge in [0.05, 0.1) is 0 Å². The highest BCUT2D eigenvalue weighted by Gasteiger charge is 2.20. The van der Waals surface area contributed by atoms with Crippen LogP contribution in [0.3, 0.4) is 0 Å². The van der Waals surface area contributed by atoms with Gasteiger partial charge in [0.15, 0.2) is 0 Å². The van der Waals surface area contributed by atoms with E-state index < -0.39 is 0 Å². The van der Waals surface area contributed by atoms with Crippen LogP contribution in [0.1, 0.15) is 31.4 Å². The van der Waals surface area contributed by atoms with Gasteiger partial charge in [0, 0.05) is 6.04 Å². The molecule has 1 aliphatic rings. The van der Waals surface area contributed by atoms with Crippen LogP contribution in [0.5, 0.6) is 0 Å². The summed E-state index contributed by atoms with van der Waals surface area (Å²) >= 11 is 0. The first-order valence-electron chi connectivity index (χ1n) is 6.58. The third kappa shape index (κ3) is 1.96. The Morgan fingerprint density at radius 1 is 0.941 bits per heavy atom. The summed E-state index contributed by atoms with van der Waals surface area (Å²) in [5.74, 6) is 0. The molecule has 2 aromatic carbocycles. The van der Waals surface area contributed by atoms with Crippen LogP contribution in [0.25, 0.3) is 10.8 Å². The molecule has 0 N–H and O–H groups in total. The van der Waals surface area contributed by atoms with Gasteiger partial charge < -0.3 is 0 Å². The summed E-state index contributed by atoms with van der Waals surface area (Å²) < 4.78 is 0. The Balaban J connectivity index is 2.04. The SMILES string of the molecule is C[C@H](c1cccc2ccccc12)N1CCCC1. The van der Waals surface area contributed by atoms with Gasteiger partial charge in [0.2, 0.25) is 0 Å². The summed E-state index contributed by atoms with van der Waals surface area (Å²) in [7, 11) is 0. The first-order chi connectivity index (χ1) is 8.36. The van der Waals surface area contributed by atoms with Gasteiger partial charge in [-0.25, -0.2) is 0 Å². The van der Waals surface area contributed by atoms with Crippen LogP contribution in [0, 0.1) is 0 Å². The predicted molar refractivity (Wildman–Crippen MR) is 73.2 cm³/mol. The van der Waals surface area contributed by atoms with Gasteiger partial charge >= 0.3 is 0 Å². The van der Waals surface area contributed by atoms with Crippen molar-refractivity contribution in [2.45, 2.75) is 25.8 Å². The standard InChI is InChI=1S/C16H19N/c1-13(17-11-4-5-12-17)15-10-6-8-14-7-2-3-9-16(14)15/h2-3,6-10,13H,4-5,11-12H2,1H3/t13-/m1/s1. The summed E-state index contributed by atoms with van der Waals surface area (Å²) in [5.41, 5.74) is 1.48. The van der Waals surface area contributed by atoms with Gasteiger partial charge in [-0.15, -0.1) is 0 Å². The van der Waals surface area contributed by atoms with Crippen molar-refractivity contribution in [2.24, 2.45) is 0 Å². The highest BCUT2D eigenvalue weighted by atomic mass is 15.2. The Labute approximate surface area is 103 Å². The highest BCUT2D eigenvalue weighted by molar-refractivity contribution is 5.86. The molecule has 1 fully saturated rings. The normalized spacial score (nSPS) is 18.6. The van der Waals surface area contributed by atoms with E-state index >= 15 is 0 Å². The molecule has 2 aromatic rings. The smallest absolute Gasteiger partial charge is 0.0326 e. The zero-order valence-corrected chi connectivity index (χ0v) is 10.4. The van der Waals surface area contributed by atoms with E-state index in [9.17, 15) is 0 Å². The first-order valence-corrected chi connectivity index (χ1v) is 6.58. The molecule has 1 nitrogen and oxygen atoms in total. The fourth-order valence-corrected chi connectivity index (χ4v) is 2.94. The second-order valence-corrected chi connectivity index (χ2v) is 4.99. The molecule has 0 radical (unpaired) electrons. The monoisotopic (exact) mass is 225 g/mol. The second-order valence-electron chi connectivity index (χ2n) is 4.99. The van der Waals surface area contributed by atoms with E-state index in [-0.39, 0.29) is 0 Å². The second kappa shape index (κ2) is 4.50. The van der Waals surface area contributed by atoms with Crippen molar-refractivity contribution in [3.63, 3.8) is 0 Å². The molecule has 0 aromatic heterocycles. The molecule has 17 heavy (non-hydrogen) atoms. The van der Waals surface area contributed by atoms with Crippen LogP contribution in [-0.4, -0.2) is 18.0 Å². The molecule has 1 saturated heterocycles. The first kappa shape index (κ1) is 10.8. The van der Waals surface area contributed by atoms with Gasteiger partial charge in [-0.2, -0.15) is 0 Å². The maximum absolute atomic E-state index is 2.60. The summed E-state index contributed by atoms with van der Waals surface area (Å²) in [6.07, 6.45) is 2.71. The molecule has 3 rings (SSSR count). The minimum absolute atomic E-state index is 0.545. The van der Waals surface area contributed by atoms with E-state index in [0.717, 1.165) is 0 Å². The van der Waals surface area contributed by atoms with Gasteiger partial charge in [-0.1, -0.05) is 42.5 Å². The van der Waals surface area contributed by atoms with Crippen LogP contribution in [0.2, 0.25) is 0 Å². The van der Waals surface area contributed by atoms with Crippen LogP contribution in [0.4, 0.5) is 0 Å². The Hall–Kier alpha value is -1.34. The van der Waals surface area contributed by atoms with Crippen molar-refractivity contribution in [2.75, 3.05) is 13.1 Å². The summed E-state index contributed by atoms with van der Waals surface area (Å²) in [6.45, 7) is 4.85. The summed E-state index contributed by atoms with van der Waals surface area (Å²) in [4.78, 5) is 2.60. The molecule has 88 valence electrons. The van der Waals surface area contributed by atoms with Crippen LogP contribution in [-0.2, 0) is 0 Å². The molecule has 1 aliphatic heterocycles.